The molecule has 0 aliphatic heterocycles. The molecule has 0 saturated carbocycles. The minimum atomic E-state index is -3.92. The number of carbonyl (C=O) groups is 1. The molecule has 3 aromatic rings. The largest absolute Gasteiger partial charge is 0.325 e. The summed E-state index contributed by atoms with van der Waals surface area (Å²) in [5.41, 5.74) is 2.13. The summed E-state index contributed by atoms with van der Waals surface area (Å²) in [5, 5.41) is 2.74. The Morgan fingerprint density at radius 2 is 1.37 bits per heavy atom. The maximum Gasteiger partial charge on any atom is 0.242 e. The van der Waals surface area contributed by atoms with Crippen LogP contribution in [0, 0.1) is 11.7 Å². The van der Waals surface area contributed by atoms with Crippen molar-refractivity contribution in [3.63, 3.8) is 0 Å². The fourth-order valence-electron chi connectivity index (χ4n) is 2.94. The third-order valence-electron chi connectivity index (χ3n) is 4.61. The second kappa shape index (κ2) is 9.19. The number of anilines is 1. The molecule has 3 rings (SSSR count). The number of halogens is 1. The molecule has 0 spiro atoms. The van der Waals surface area contributed by atoms with Crippen LogP contribution in [0.4, 0.5) is 10.1 Å². The van der Waals surface area contributed by atoms with Crippen LogP contribution in [0.3, 0.4) is 0 Å². The highest BCUT2D eigenvalue weighted by atomic mass is 32.2. The number of nitrogens with one attached hydrogen (secondary N) is 2. The van der Waals surface area contributed by atoms with Crippen molar-refractivity contribution >= 4 is 21.6 Å². The average Bonchev–Trinajstić information content (AvgIpc) is 2.73. The van der Waals surface area contributed by atoms with Crippen molar-refractivity contribution in [2.45, 2.75) is 24.8 Å². The summed E-state index contributed by atoms with van der Waals surface area (Å²) in [6.07, 6.45) is 0. The quantitative estimate of drug-likeness (QED) is 0.587. The third kappa shape index (κ3) is 5.31. The van der Waals surface area contributed by atoms with Gasteiger partial charge < -0.3 is 5.32 Å². The van der Waals surface area contributed by atoms with Gasteiger partial charge in [0, 0.05) is 5.69 Å². The van der Waals surface area contributed by atoms with Crippen molar-refractivity contribution in [2.24, 2.45) is 5.92 Å². The van der Waals surface area contributed by atoms with Crippen LogP contribution in [-0.2, 0) is 14.8 Å². The van der Waals surface area contributed by atoms with E-state index in [1.165, 1.54) is 24.3 Å². The SMILES string of the molecule is CC(C)[C@H](NS(=O)(=O)c1ccc(-c2ccc(F)cc2)cc1)C(=O)Nc1ccccc1. The molecular formula is C23H23FN2O3S. The van der Waals surface area contributed by atoms with Crippen LogP contribution in [0.15, 0.2) is 83.8 Å². The zero-order valence-electron chi connectivity index (χ0n) is 16.7. The van der Waals surface area contributed by atoms with Gasteiger partial charge in [0.2, 0.25) is 15.9 Å². The Kier molecular flexibility index (Phi) is 6.64. The van der Waals surface area contributed by atoms with Crippen LogP contribution < -0.4 is 10.0 Å². The molecule has 1 atom stereocenters. The van der Waals surface area contributed by atoms with Crippen molar-refractivity contribution in [1.29, 1.82) is 0 Å². The van der Waals surface area contributed by atoms with Gasteiger partial charge in [0.05, 0.1) is 4.90 Å². The van der Waals surface area contributed by atoms with Crippen molar-refractivity contribution in [3.05, 3.63) is 84.7 Å². The predicted octanol–water partition coefficient (Wildman–Crippen LogP) is 4.43. The van der Waals surface area contributed by atoms with Crippen LogP contribution in [-0.4, -0.2) is 20.4 Å². The van der Waals surface area contributed by atoms with E-state index in [4.69, 9.17) is 0 Å². The van der Waals surface area contributed by atoms with E-state index in [2.05, 4.69) is 10.0 Å². The molecule has 3 aromatic carbocycles. The summed E-state index contributed by atoms with van der Waals surface area (Å²) in [6, 6.07) is 20.1. The number of amides is 1. The molecule has 5 nitrogen and oxygen atoms in total. The number of hydrogen-bond donors (Lipinski definition) is 2. The van der Waals surface area contributed by atoms with Crippen molar-refractivity contribution in [1.82, 2.24) is 4.72 Å². The van der Waals surface area contributed by atoms with Gasteiger partial charge in [-0.05, 0) is 53.4 Å². The molecule has 2 N–H and O–H groups in total. The Bertz CT molecular complexity index is 1100. The minimum absolute atomic E-state index is 0.0477. The molecule has 30 heavy (non-hydrogen) atoms. The second-order valence-corrected chi connectivity index (χ2v) is 8.94. The number of para-hydroxylation sites is 1. The van der Waals surface area contributed by atoms with E-state index in [-0.39, 0.29) is 16.6 Å². The molecule has 7 heteroatoms. The Morgan fingerprint density at radius 3 is 1.90 bits per heavy atom. The van der Waals surface area contributed by atoms with E-state index in [1.807, 2.05) is 6.07 Å². The summed E-state index contributed by atoms with van der Waals surface area (Å²) < 4.78 is 41.3. The summed E-state index contributed by atoms with van der Waals surface area (Å²) >= 11 is 0. The molecule has 0 saturated heterocycles. The molecule has 0 heterocycles. The Hall–Kier alpha value is -3.03. The van der Waals surface area contributed by atoms with Gasteiger partial charge in [-0.2, -0.15) is 4.72 Å². The molecule has 156 valence electrons. The van der Waals surface area contributed by atoms with Gasteiger partial charge in [-0.15, -0.1) is 0 Å². The number of benzene rings is 3. The first-order valence-corrected chi connectivity index (χ1v) is 11.0. The highest BCUT2D eigenvalue weighted by molar-refractivity contribution is 7.89. The van der Waals surface area contributed by atoms with Crippen LogP contribution in [0.25, 0.3) is 11.1 Å². The van der Waals surface area contributed by atoms with Gasteiger partial charge in [-0.25, -0.2) is 12.8 Å². The van der Waals surface area contributed by atoms with Crippen LogP contribution in [0.2, 0.25) is 0 Å². The van der Waals surface area contributed by atoms with Crippen molar-refractivity contribution in [3.8, 4) is 11.1 Å². The molecule has 0 aliphatic carbocycles. The first-order chi connectivity index (χ1) is 14.3. The monoisotopic (exact) mass is 426 g/mol. The molecular weight excluding hydrogens is 403 g/mol. The van der Waals surface area contributed by atoms with E-state index in [0.29, 0.717) is 5.69 Å². The summed E-state index contributed by atoms with van der Waals surface area (Å²) in [5.74, 6) is -1.03. The fourth-order valence-corrected chi connectivity index (χ4v) is 4.28. The lowest BCUT2D eigenvalue weighted by Gasteiger charge is -2.21. The van der Waals surface area contributed by atoms with Gasteiger partial charge in [-0.3, -0.25) is 4.79 Å². The standard InChI is InChI=1S/C23H23FN2O3S/c1-16(2)22(23(27)25-20-6-4-3-5-7-20)26-30(28,29)21-14-10-18(11-15-21)17-8-12-19(24)13-9-17/h3-16,22,26H,1-2H3,(H,25,27)/t22-/m0/s1. The molecule has 0 aromatic heterocycles. The summed E-state index contributed by atoms with van der Waals surface area (Å²) in [4.78, 5) is 12.7. The van der Waals surface area contributed by atoms with E-state index in [0.717, 1.165) is 11.1 Å². The Morgan fingerprint density at radius 1 is 0.833 bits per heavy atom. The van der Waals surface area contributed by atoms with Crippen LogP contribution in [0.5, 0.6) is 0 Å². The number of carbonyl (C=O) groups excluding carboxylic acids is 1. The number of hydrogen-bond acceptors (Lipinski definition) is 3. The number of rotatable bonds is 7. The van der Waals surface area contributed by atoms with E-state index in [1.54, 1.807) is 62.4 Å². The van der Waals surface area contributed by atoms with Gasteiger partial charge in [0.25, 0.3) is 0 Å². The highest BCUT2D eigenvalue weighted by Crippen LogP contribution is 2.22. The lowest BCUT2D eigenvalue weighted by molar-refractivity contribution is -0.118. The van der Waals surface area contributed by atoms with Crippen LogP contribution >= 0.6 is 0 Å². The zero-order valence-corrected chi connectivity index (χ0v) is 17.5. The Balaban J connectivity index is 1.77. The van der Waals surface area contributed by atoms with E-state index in [9.17, 15) is 17.6 Å². The first-order valence-electron chi connectivity index (χ1n) is 9.50. The van der Waals surface area contributed by atoms with Gasteiger partial charge in [0.1, 0.15) is 11.9 Å². The first kappa shape index (κ1) is 21.7. The molecule has 0 radical (unpaired) electrons. The topological polar surface area (TPSA) is 75.3 Å². The zero-order chi connectivity index (χ0) is 21.7. The molecule has 0 bridgehead atoms. The van der Waals surface area contributed by atoms with Gasteiger partial charge >= 0.3 is 0 Å². The normalized spacial score (nSPS) is 12.5. The second-order valence-electron chi connectivity index (χ2n) is 7.23. The fraction of sp³-hybridized carbons (Fsp3) is 0.174. The van der Waals surface area contributed by atoms with Crippen molar-refractivity contribution in [2.75, 3.05) is 5.32 Å². The minimum Gasteiger partial charge on any atom is -0.325 e. The molecule has 0 aliphatic rings. The molecule has 1 amide bonds. The van der Waals surface area contributed by atoms with Gasteiger partial charge in [-0.1, -0.05) is 56.3 Å². The smallest absolute Gasteiger partial charge is 0.242 e. The van der Waals surface area contributed by atoms with Gasteiger partial charge in [0.15, 0.2) is 0 Å². The summed E-state index contributed by atoms with van der Waals surface area (Å²) in [6.45, 7) is 3.55. The molecule has 0 unspecified atom stereocenters. The Labute approximate surface area is 176 Å². The summed E-state index contributed by atoms with van der Waals surface area (Å²) in [7, 11) is -3.92. The lowest BCUT2D eigenvalue weighted by atomic mass is 10.0. The van der Waals surface area contributed by atoms with E-state index >= 15 is 0 Å². The maximum absolute atomic E-state index is 13.1. The predicted molar refractivity (Wildman–Crippen MR) is 116 cm³/mol. The van der Waals surface area contributed by atoms with Crippen molar-refractivity contribution < 1.29 is 17.6 Å². The highest BCUT2D eigenvalue weighted by Gasteiger charge is 2.28. The third-order valence-corrected chi connectivity index (χ3v) is 6.07. The van der Waals surface area contributed by atoms with Crippen LogP contribution in [0.1, 0.15) is 13.8 Å². The lowest BCUT2D eigenvalue weighted by Crippen LogP contribution is -2.47. The maximum atomic E-state index is 13.1. The number of sulfonamides is 1. The van der Waals surface area contributed by atoms with E-state index < -0.39 is 22.0 Å². The molecule has 0 fully saturated rings. The average molecular weight is 427 g/mol.